The van der Waals surface area contributed by atoms with Gasteiger partial charge in [-0.05, 0) is 12.1 Å². The number of para-hydroxylation sites is 2. The van der Waals surface area contributed by atoms with E-state index in [0.29, 0.717) is 28.7 Å². The summed E-state index contributed by atoms with van der Waals surface area (Å²) in [6, 6.07) is 10.8. The largest absolute Gasteiger partial charge is 0.493 e. The van der Waals surface area contributed by atoms with Gasteiger partial charge in [0.05, 0.1) is 19.5 Å². The van der Waals surface area contributed by atoms with E-state index in [2.05, 4.69) is 9.83 Å². The van der Waals surface area contributed by atoms with Crippen molar-refractivity contribution in [3.05, 3.63) is 60.2 Å². The van der Waals surface area contributed by atoms with E-state index in [-0.39, 0.29) is 0 Å². The summed E-state index contributed by atoms with van der Waals surface area (Å²) in [6.07, 6.45) is 3.40. The third-order valence-corrected chi connectivity index (χ3v) is 2.87. The zero-order valence-corrected chi connectivity index (χ0v) is 10.8. The third kappa shape index (κ3) is 2.04. The van der Waals surface area contributed by atoms with Crippen molar-refractivity contribution in [1.82, 2.24) is 9.38 Å². The van der Waals surface area contributed by atoms with E-state index < -0.39 is 0 Å². The molecule has 0 fully saturated rings. The molecule has 0 amide bonds. The second-order valence-electron chi connectivity index (χ2n) is 4.07. The zero-order chi connectivity index (χ0) is 13.9. The summed E-state index contributed by atoms with van der Waals surface area (Å²) in [7, 11) is 1.59. The highest BCUT2D eigenvalue weighted by molar-refractivity contribution is 5.57. The second kappa shape index (κ2) is 4.94. The lowest BCUT2D eigenvalue weighted by Gasteiger charge is -2.10. The van der Waals surface area contributed by atoms with Crippen molar-refractivity contribution in [3.8, 4) is 17.2 Å². The standard InChI is InChI=1S/C15H11N3O2/c1-16-14-9-11(10-15-17-7-8-18(14)15)20-13-6-4-3-5-12(13)19-2/h3-10H,2H3. The van der Waals surface area contributed by atoms with E-state index in [0.717, 1.165) is 0 Å². The summed E-state index contributed by atoms with van der Waals surface area (Å²) in [6.45, 7) is 7.22. The number of pyridine rings is 1. The number of nitrogens with zero attached hydrogens (tertiary/aromatic N) is 3. The van der Waals surface area contributed by atoms with Gasteiger partial charge in [-0.2, -0.15) is 0 Å². The first-order valence-corrected chi connectivity index (χ1v) is 5.97. The van der Waals surface area contributed by atoms with Crippen LogP contribution in [0.5, 0.6) is 17.2 Å². The van der Waals surface area contributed by atoms with E-state index in [9.17, 15) is 0 Å². The first-order valence-electron chi connectivity index (χ1n) is 5.97. The highest BCUT2D eigenvalue weighted by Gasteiger charge is 2.09. The van der Waals surface area contributed by atoms with Crippen molar-refractivity contribution in [3.63, 3.8) is 0 Å². The van der Waals surface area contributed by atoms with Crippen molar-refractivity contribution in [2.24, 2.45) is 0 Å². The van der Waals surface area contributed by atoms with E-state index in [1.165, 1.54) is 0 Å². The lowest BCUT2D eigenvalue weighted by atomic mass is 10.3. The van der Waals surface area contributed by atoms with E-state index in [1.54, 1.807) is 36.0 Å². The lowest BCUT2D eigenvalue weighted by Crippen LogP contribution is -1.91. The van der Waals surface area contributed by atoms with E-state index >= 15 is 0 Å². The molecular formula is C15H11N3O2. The number of fused-ring (bicyclic) bond motifs is 1. The number of hydrogen-bond donors (Lipinski definition) is 0. The number of rotatable bonds is 3. The van der Waals surface area contributed by atoms with Gasteiger partial charge in [0.1, 0.15) is 5.75 Å². The van der Waals surface area contributed by atoms with Gasteiger partial charge in [-0.15, -0.1) is 0 Å². The Hall–Kier alpha value is -3.00. The quantitative estimate of drug-likeness (QED) is 0.678. The molecule has 5 heteroatoms. The maximum absolute atomic E-state index is 7.22. The van der Waals surface area contributed by atoms with Crippen molar-refractivity contribution < 1.29 is 9.47 Å². The molecule has 0 aliphatic carbocycles. The Morgan fingerprint density at radius 2 is 2.00 bits per heavy atom. The maximum Gasteiger partial charge on any atom is 0.240 e. The van der Waals surface area contributed by atoms with Crippen LogP contribution in [0.25, 0.3) is 10.5 Å². The summed E-state index contributed by atoms with van der Waals surface area (Å²) in [5.74, 6) is 2.24. The summed E-state index contributed by atoms with van der Waals surface area (Å²) in [5.41, 5.74) is 0.670. The normalized spacial score (nSPS) is 10.2. The highest BCUT2D eigenvalue weighted by Crippen LogP contribution is 2.33. The van der Waals surface area contributed by atoms with Crippen molar-refractivity contribution in [2.45, 2.75) is 0 Å². The van der Waals surface area contributed by atoms with E-state index in [1.807, 2.05) is 24.3 Å². The van der Waals surface area contributed by atoms with Crippen molar-refractivity contribution >= 4 is 11.5 Å². The molecule has 0 saturated heterocycles. The molecule has 3 rings (SSSR count). The van der Waals surface area contributed by atoms with Crippen LogP contribution in [0.15, 0.2) is 48.8 Å². The second-order valence-corrected chi connectivity index (χ2v) is 4.07. The van der Waals surface area contributed by atoms with Gasteiger partial charge in [0.25, 0.3) is 0 Å². The lowest BCUT2D eigenvalue weighted by molar-refractivity contribution is 0.379. The summed E-state index contributed by atoms with van der Waals surface area (Å²) < 4.78 is 12.7. The molecule has 2 heterocycles. The Bertz CT molecular complexity index is 802. The molecule has 2 aromatic heterocycles. The summed E-state index contributed by atoms with van der Waals surface area (Å²) >= 11 is 0. The Morgan fingerprint density at radius 1 is 1.20 bits per heavy atom. The van der Waals surface area contributed by atoms with Gasteiger partial charge in [-0.1, -0.05) is 18.7 Å². The fourth-order valence-corrected chi connectivity index (χ4v) is 1.96. The molecule has 0 atom stereocenters. The van der Waals surface area contributed by atoms with Crippen LogP contribution in [0.4, 0.5) is 5.82 Å². The molecule has 98 valence electrons. The van der Waals surface area contributed by atoms with Gasteiger partial charge in [0.2, 0.25) is 11.5 Å². The minimum atomic E-state index is 0.449. The Balaban J connectivity index is 2.05. The Labute approximate surface area is 115 Å². The Kier molecular flexibility index (Phi) is 2.98. The SMILES string of the molecule is [C-]#[N+]c1cc(Oc2ccccc2OC)cc2nccn12. The fraction of sp³-hybridized carbons (Fsp3) is 0.0667. The maximum atomic E-state index is 7.22. The minimum Gasteiger partial charge on any atom is -0.493 e. The number of hydrogen-bond acceptors (Lipinski definition) is 3. The molecule has 20 heavy (non-hydrogen) atoms. The topological polar surface area (TPSA) is 40.1 Å². The molecule has 0 unspecified atom stereocenters. The van der Waals surface area contributed by atoms with Gasteiger partial charge in [0.15, 0.2) is 11.5 Å². The number of imidazole rings is 1. The summed E-state index contributed by atoms with van der Waals surface area (Å²) in [5, 5.41) is 0. The van der Waals surface area contributed by atoms with Crippen molar-refractivity contribution in [1.29, 1.82) is 0 Å². The van der Waals surface area contributed by atoms with Crippen LogP contribution in [-0.4, -0.2) is 16.5 Å². The molecule has 0 N–H and O–H groups in total. The van der Waals surface area contributed by atoms with Gasteiger partial charge >= 0.3 is 0 Å². The smallest absolute Gasteiger partial charge is 0.240 e. The number of benzene rings is 1. The van der Waals surface area contributed by atoms with Crippen LogP contribution in [0, 0.1) is 6.57 Å². The van der Waals surface area contributed by atoms with Gasteiger partial charge in [-0.25, -0.2) is 9.38 Å². The van der Waals surface area contributed by atoms with Crippen LogP contribution in [0.1, 0.15) is 0 Å². The minimum absolute atomic E-state index is 0.449. The average molecular weight is 265 g/mol. The number of ether oxygens (including phenoxy) is 2. The first-order chi connectivity index (χ1) is 9.81. The Morgan fingerprint density at radius 3 is 2.75 bits per heavy atom. The highest BCUT2D eigenvalue weighted by atomic mass is 16.5. The zero-order valence-electron chi connectivity index (χ0n) is 10.8. The number of methoxy groups -OCH3 is 1. The van der Waals surface area contributed by atoms with Crippen LogP contribution in [0.2, 0.25) is 0 Å². The van der Waals surface area contributed by atoms with Crippen LogP contribution < -0.4 is 9.47 Å². The molecule has 0 bridgehead atoms. The third-order valence-electron chi connectivity index (χ3n) is 2.87. The molecule has 0 radical (unpaired) electrons. The van der Waals surface area contributed by atoms with Crippen LogP contribution in [0.3, 0.4) is 0 Å². The molecule has 0 aliphatic heterocycles. The number of aromatic nitrogens is 2. The monoisotopic (exact) mass is 265 g/mol. The van der Waals surface area contributed by atoms with Crippen molar-refractivity contribution in [2.75, 3.05) is 7.11 Å². The predicted molar refractivity (Wildman–Crippen MR) is 74.5 cm³/mol. The van der Waals surface area contributed by atoms with Gasteiger partial charge in [0, 0.05) is 12.1 Å². The van der Waals surface area contributed by atoms with Crippen LogP contribution >= 0.6 is 0 Å². The predicted octanol–water partition coefficient (Wildman–Crippen LogP) is 3.69. The average Bonchev–Trinajstić information content (AvgIpc) is 2.95. The molecule has 0 saturated carbocycles. The fourth-order valence-electron chi connectivity index (χ4n) is 1.96. The molecule has 5 nitrogen and oxygen atoms in total. The van der Waals surface area contributed by atoms with Gasteiger partial charge in [-0.3, -0.25) is 0 Å². The van der Waals surface area contributed by atoms with Gasteiger partial charge < -0.3 is 14.3 Å². The molecule has 0 spiro atoms. The van der Waals surface area contributed by atoms with Crippen LogP contribution in [-0.2, 0) is 0 Å². The first kappa shape index (κ1) is 12.1. The molecule has 0 aliphatic rings. The molecule has 1 aromatic carbocycles. The molecular weight excluding hydrogens is 254 g/mol. The molecule has 3 aromatic rings. The summed E-state index contributed by atoms with van der Waals surface area (Å²) in [4.78, 5) is 7.66. The van der Waals surface area contributed by atoms with E-state index in [4.69, 9.17) is 16.0 Å².